The van der Waals surface area contributed by atoms with E-state index in [0.717, 1.165) is 38.6 Å². The molecule has 0 heterocycles. The minimum absolute atomic E-state index is 0.145. The Kier molecular flexibility index (Phi) is 8.15. The van der Waals surface area contributed by atoms with Crippen molar-refractivity contribution in [1.29, 1.82) is 0 Å². The fourth-order valence-corrected chi connectivity index (χ4v) is 2.06. The van der Waals surface area contributed by atoms with E-state index < -0.39 is 0 Å². The number of carbonyl (C=O) groups excluding carboxylic acids is 1. The first-order valence-electron chi connectivity index (χ1n) is 6.82. The smallest absolute Gasteiger partial charge is 0.161 e. The quantitative estimate of drug-likeness (QED) is 0.572. The van der Waals surface area contributed by atoms with Gasteiger partial charge in [0, 0.05) is 12.0 Å². The number of hydrogen-bond acceptors (Lipinski definition) is 2. The van der Waals surface area contributed by atoms with Gasteiger partial charge in [-0.25, -0.2) is 0 Å². The molecule has 0 aromatic rings. The van der Waals surface area contributed by atoms with Gasteiger partial charge in [0.25, 0.3) is 0 Å². The summed E-state index contributed by atoms with van der Waals surface area (Å²) in [6, 6.07) is 0. The van der Waals surface area contributed by atoms with Gasteiger partial charge in [-0.15, -0.1) is 0 Å². The van der Waals surface area contributed by atoms with E-state index in [-0.39, 0.29) is 5.41 Å². The van der Waals surface area contributed by atoms with Crippen molar-refractivity contribution < 1.29 is 4.79 Å². The first-order chi connectivity index (χ1) is 7.96. The van der Waals surface area contributed by atoms with Crippen LogP contribution in [-0.4, -0.2) is 31.3 Å². The van der Waals surface area contributed by atoms with Crippen molar-refractivity contribution in [2.75, 3.05) is 20.6 Å². The predicted molar refractivity (Wildman–Crippen MR) is 75.2 cm³/mol. The van der Waals surface area contributed by atoms with Crippen LogP contribution in [-0.2, 0) is 4.79 Å². The lowest BCUT2D eigenvalue weighted by Crippen LogP contribution is -2.26. The van der Waals surface area contributed by atoms with Crippen molar-refractivity contribution >= 4 is 5.78 Å². The van der Waals surface area contributed by atoms with E-state index in [0.29, 0.717) is 5.78 Å². The average molecular weight is 239 g/mol. The molecule has 0 aliphatic heterocycles. The summed E-state index contributed by atoms with van der Waals surface area (Å²) in [6.45, 7) is 7.29. The normalized spacial score (nSPS) is 15.4. The van der Waals surface area contributed by atoms with Crippen molar-refractivity contribution in [3.63, 3.8) is 0 Å². The predicted octanol–water partition coefficient (Wildman–Crippen LogP) is 3.67. The maximum atomic E-state index is 12.2. The van der Waals surface area contributed by atoms with E-state index >= 15 is 0 Å². The van der Waals surface area contributed by atoms with Gasteiger partial charge in [-0.3, -0.25) is 4.79 Å². The van der Waals surface area contributed by atoms with Crippen molar-refractivity contribution in [2.24, 2.45) is 5.41 Å². The number of hydrogen-bond donors (Lipinski definition) is 0. The van der Waals surface area contributed by atoms with Gasteiger partial charge in [0.1, 0.15) is 0 Å². The van der Waals surface area contributed by atoms with Gasteiger partial charge in [0.15, 0.2) is 5.78 Å². The second kappa shape index (κ2) is 8.46. The Balaban J connectivity index is 4.46. The Morgan fingerprint density at radius 2 is 1.82 bits per heavy atom. The SMILES string of the molecule is CCCCC(C)(CCC)C(=O)/C=C/CN(C)C. The van der Waals surface area contributed by atoms with E-state index in [1.165, 1.54) is 0 Å². The van der Waals surface area contributed by atoms with E-state index in [1.807, 2.05) is 20.2 Å². The molecule has 100 valence electrons. The van der Waals surface area contributed by atoms with E-state index in [2.05, 4.69) is 25.7 Å². The van der Waals surface area contributed by atoms with Gasteiger partial charge >= 0.3 is 0 Å². The molecule has 0 aromatic carbocycles. The molecule has 1 unspecified atom stereocenters. The number of nitrogens with zero attached hydrogens (tertiary/aromatic N) is 1. The van der Waals surface area contributed by atoms with Crippen LogP contribution < -0.4 is 0 Å². The van der Waals surface area contributed by atoms with Crippen molar-refractivity contribution in [2.45, 2.75) is 52.9 Å². The topological polar surface area (TPSA) is 20.3 Å². The summed E-state index contributed by atoms with van der Waals surface area (Å²) in [5.74, 6) is 0.301. The molecule has 0 saturated carbocycles. The van der Waals surface area contributed by atoms with E-state index in [1.54, 1.807) is 6.08 Å². The van der Waals surface area contributed by atoms with Crippen molar-refractivity contribution in [3.05, 3.63) is 12.2 Å². The van der Waals surface area contributed by atoms with Crippen molar-refractivity contribution in [3.8, 4) is 0 Å². The molecular weight excluding hydrogens is 210 g/mol. The molecule has 2 nitrogen and oxygen atoms in total. The van der Waals surface area contributed by atoms with Crippen molar-refractivity contribution in [1.82, 2.24) is 4.90 Å². The molecule has 1 atom stereocenters. The lowest BCUT2D eigenvalue weighted by atomic mass is 9.77. The zero-order valence-corrected chi connectivity index (χ0v) is 12.3. The molecular formula is C15H29NO. The minimum Gasteiger partial charge on any atom is -0.306 e. The highest BCUT2D eigenvalue weighted by Crippen LogP contribution is 2.31. The lowest BCUT2D eigenvalue weighted by Gasteiger charge is -2.26. The minimum atomic E-state index is -0.145. The number of rotatable bonds is 9. The Morgan fingerprint density at radius 3 is 2.29 bits per heavy atom. The summed E-state index contributed by atoms with van der Waals surface area (Å²) in [4.78, 5) is 14.3. The zero-order chi connectivity index (χ0) is 13.3. The van der Waals surface area contributed by atoms with Crippen LogP contribution in [0.1, 0.15) is 52.9 Å². The molecule has 0 rings (SSSR count). The monoisotopic (exact) mass is 239 g/mol. The van der Waals surface area contributed by atoms with Crippen LogP contribution in [0.25, 0.3) is 0 Å². The summed E-state index contributed by atoms with van der Waals surface area (Å²) in [5.41, 5.74) is -0.145. The van der Waals surface area contributed by atoms with Gasteiger partial charge < -0.3 is 4.90 Å². The molecule has 0 radical (unpaired) electrons. The number of carbonyl (C=O) groups is 1. The molecule has 0 N–H and O–H groups in total. The summed E-state index contributed by atoms with van der Waals surface area (Å²) < 4.78 is 0. The van der Waals surface area contributed by atoms with Crippen LogP contribution in [0.5, 0.6) is 0 Å². The second-order valence-electron chi connectivity index (χ2n) is 5.44. The standard InChI is InChI=1S/C15H29NO/c1-6-8-12-15(3,11-7-2)14(17)10-9-13-16(4)5/h9-10H,6-8,11-13H2,1-5H3/b10-9+. The molecule has 2 heteroatoms. The number of allylic oxidation sites excluding steroid dienone is 1. The molecule has 0 aromatic heterocycles. The van der Waals surface area contributed by atoms with Gasteiger partial charge in [-0.05, 0) is 33.0 Å². The third kappa shape index (κ3) is 6.62. The molecule has 0 aliphatic rings. The van der Waals surface area contributed by atoms with Gasteiger partial charge in [-0.1, -0.05) is 46.1 Å². The van der Waals surface area contributed by atoms with Crippen LogP contribution in [0.3, 0.4) is 0 Å². The summed E-state index contributed by atoms with van der Waals surface area (Å²) in [5, 5.41) is 0. The largest absolute Gasteiger partial charge is 0.306 e. The molecule has 0 spiro atoms. The van der Waals surface area contributed by atoms with Crippen LogP contribution in [0.15, 0.2) is 12.2 Å². The maximum Gasteiger partial charge on any atom is 0.161 e. The Bertz CT molecular complexity index is 245. The fourth-order valence-electron chi connectivity index (χ4n) is 2.06. The molecule has 0 fully saturated rings. The Hall–Kier alpha value is -0.630. The van der Waals surface area contributed by atoms with Gasteiger partial charge in [0.05, 0.1) is 0 Å². The van der Waals surface area contributed by atoms with E-state index in [4.69, 9.17) is 0 Å². The first kappa shape index (κ1) is 16.4. The molecule has 0 saturated heterocycles. The highest BCUT2D eigenvalue weighted by molar-refractivity contribution is 5.94. The highest BCUT2D eigenvalue weighted by atomic mass is 16.1. The van der Waals surface area contributed by atoms with E-state index in [9.17, 15) is 4.79 Å². The fraction of sp³-hybridized carbons (Fsp3) is 0.800. The summed E-state index contributed by atoms with van der Waals surface area (Å²) >= 11 is 0. The van der Waals surface area contributed by atoms with Crippen LogP contribution >= 0.6 is 0 Å². The zero-order valence-electron chi connectivity index (χ0n) is 12.3. The third-order valence-electron chi connectivity index (χ3n) is 3.22. The highest BCUT2D eigenvalue weighted by Gasteiger charge is 2.29. The second-order valence-corrected chi connectivity index (χ2v) is 5.44. The average Bonchev–Trinajstić information content (AvgIpc) is 2.26. The molecule has 17 heavy (non-hydrogen) atoms. The Morgan fingerprint density at radius 1 is 1.18 bits per heavy atom. The molecule has 0 aliphatic carbocycles. The first-order valence-corrected chi connectivity index (χ1v) is 6.82. The van der Waals surface area contributed by atoms with Crippen LogP contribution in [0.4, 0.5) is 0 Å². The lowest BCUT2D eigenvalue weighted by molar-refractivity contribution is -0.123. The van der Waals surface area contributed by atoms with Gasteiger partial charge in [0.2, 0.25) is 0 Å². The number of ketones is 1. The van der Waals surface area contributed by atoms with Gasteiger partial charge in [-0.2, -0.15) is 0 Å². The van der Waals surface area contributed by atoms with Crippen LogP contribution in [0.2, 0.25) is 0 Å². The summed E-state index contributed by atoms with van der Waals surface area (Å²) in [7, 11) is 4.02. The third-order valence-corrected chi connectivity index (χ3v) is 3.22. The number of likely N-dealkylation sites (N-methyl/N-ethyl adjacent to an activating group) is 1. The molecule has 0 amide bonds. The Labute approximate surface area is 107 Å². The number of unbranched alkanes of at least 4 members (excludes halogenated alkanes) is 1. The molecule has 0 bridgehead atoms. The maximum absolute atomic E-state index is 12.2. The van der Waals surface area contributed by atoms with Crippen LogP contribution in [0, 0.1) is 5.41 Å². The summed E-state index contributed by atoms with van der Waals surface area (Å²) in [6.07, 6.45) is 9.15.